The first-order valence-electron chi connectivity index (χ1n) is 11.3. The molecule has 0 spiro atoms. The summed E-state index contributed by atoms with van der Waals surface area (Å²) in [5, 5.41) is 2.98. The van der Waals surface area contributed by atoms with Crippen LogP contribution in [-0.2, 0) is 15.9 Å². The molecule has 2 amide bonds. The van der Waals surface area contributed by atoms with Gasteiger partial charge in [0.25, 0.3) is 0 Å². The minimum atomic E-state index is -0.469. The van der Waals surface area contributed by atoms with Crippen LogP contribution in [0.15, 0.2) is 84.9 Å². The molecule has 3 rings (SSSR count). The second kappa shape index (κ2) is 13.3. The Bertz CT molecular complexity index is 943. The van der Waals surface area contributed by atoms with Crippen LogP contribution in [0.1, 0.15) is 19.4 Å². The lowest BCUT2D eigenvalue weighted by Gasteiger charge is -2.27. The molecule has 3 aromatic rings. The van der Waals surface area contributed by atoms with E-state index >= 15 is 0 Å². The zero-order valence-corrected chi connectivity index (χ0v) is 19.3. The number of para-hydroxylation sites is 1. The Morgan fingerprint density at radius 2 is 1.39 bits per heavy atom. The van der Waals surface area contributed by atoms with Crippen LogP contribution in [-0.4, -0.2) is 43.5 Å². The first kappa shape index (κ1) is 24.3. The summed E-state index contributed by atoms with van der Waals surface area (Å²) < 4.78 is 17.2. The summed E-state index contributed by atoms with van der Waals surface area (Å²) in [6.45, 7) is 5.75. The highest BCUT2D eigenvalue weighted by molar-refractivity contribution is 5.89. The van der Waals surface area contributed by atoms with E-state index in [4.69, 9.17) is 14.2 Å². The quantitative estimate of drug-likeness (QED) is 0.348. The van der Waals surface area contributed by atoms with Crippen molar-refractivity contribution in [2.75, 3.05) is 31.6 Å². The number of carbonyl (C=O) groups is 1. The average molecular weight is 449 g/mol. The fraction of sp³-hybridized carbons (Fsp3) is 0.296. The van der Waals surface area contributed by atoms with Crippen molar-refractivity contribution in [2.24, 2.45) is 0 Å². The molecule has 6 nitrogen and oxygen atoms in total. The Hall–Kier alpha value is -3.35. The van der Waals surface area contributed by atoms with Gasteiger partial charge in [-0.05, 0) is 62.2 Å². The highest BCUT2D eigenvalue weighted by Crippen LogP contribution is 2.23. The average Bonchev–Trinajstić information content (AvgIpc) is 2.84. The van der Waals surface area contributed by atoms with Crippen LogP contribution in [0.25, 0.3) is 0 Å². The molecule has 0 unspecified atom stereocenters. The summed E-state index contributed by atoms with van der Waals surface area (Å²) in [5.74, 6) is 1.46. The lowest BCUT2D eigenvalue weighted by Crippen LogP contribution is -2.43. The SMILES string of the molecule is CCOC(CN(CCc1ccccc1)C(=O)Nc1ccc(Oc2ccccc2)cc1)OCC. The van der Waals surface area contributed by atoms with Crippen molar-refractivity contribution in [3.63, 3.8) is 0 Å². The third-order valence-corrected chi connectivity index (χ3v) is 4.96. The van der Waals surface area contributed by atoms with Crippen LogP contribution in [0.4, 0.5) is 10.5 Å². The number of benzene rings is 3. The Balaban J connectivity index is 1.64. The largest absolute Gasteiger partial charge is 0.457 e. The van der Waals surface area contributed by atoms with Crippen LogP contribution in [0.3, 0.4) is 0 Å². The number of hydrogen-bond donors (Lipinski definition) is 1. The summed E-state index contributed by atoms with van der Waals surface area (Å²) in [5.41, 5.74) is 1.86. The lowest BCUT2D eigenvalue weighted by atomic mass is 10.1. The number of hydrogen-bond acceptors (Lipinski definition) is 4. The molecule has 0 aliphatic heterocycles. The molecular weight excluding hydrogens is 416 g/mol. The van der Waals surface area contributed by atoms with E-state index in [1.165, 1.54) is 5.56 Å². The van der Waals surface area contributed by atoms with Gasteiger partial charge >= 0.3 is 6.03 Å². The zero-order chi connectivity index (χ0) is 23.3. The van der Waals surface area contributed by atoms with Gasteiger partial charge in [-0.15, -0.1) is 0 Å². The fourth-order valence-electron chi connectivity index (χ4n) is 3.32. The van der Waals surface area contributed by atoms with Crippen molar-refractivity contribution in [3.05, 3.63) is 90.5 Å². The van der Waals surface area contributed by atoms with Crippen molar-refractivity contribution >= 4 is 11.7 Å². The van der Waals surface area contributed by atoms with Crippen molar-refractivity contribution in [2.45, 2.75) is 26.6 Å². The maximum absolute atomic E-state index is 13.1. The second-order valence-electron chi connectivity index (χ2n) is 7.39. The van der Waals surface area contributed by atoms with E-state index in [-0.39, 0.29) is 6.03 Å². The molecular formula is C27H32N2O4. The molecule has 0 fully saturated rings. The van der Waals surface area contributed by atoms with E-state index in [1.54, 1.807) is 4.90 Å². The first-order valence-corrected chi connectivity index (χ1v) is 11.3. The van der Waals surface area contributed by atoms with E-state index in [1.807, 2.05) is 86.6 Å². The van der Waals surface area contributed by atoms with E-state index in [9.17, 15) is 4.79 Å². The van der Waals surface area contributed by atoms with Gasteiger partial charge in [-0.25, -0.2) is 4.79 Å². The highest BCUT2D eigenvalue weighted by Gasteiger charge is 2.20. The van der Waals surface area contributed by atoms with Gasteiger partial charge in [0.05, 0.1) is 6.54 Å². The molecule has 3 aromatic carbocycles. The number of urea groups is 1. The maximum atomic E-state index is 13.1. The minimum Gasteiger partial charge on any atom is -0.457 e. The van der Waals surface area contributed by atoms with Crippen molar-refractivity contribution in [1.29, 1.82) is 0 Å². The topological polar surface area (TPSA) is 60.0 Å². The third kappa shape index (κ3) is 8.25. The van der Waals surface area contributed by atoms with Gasteiger partial charge in [0.1, 0.15) is 11.5 Å². The predicted molar refractivity (Wildman–Crippen MR) is 131 cm³/mol. The Kier molecular flexibility index (Phi) is 9.76. The molecule has 1 N–H and O–H groups in total. The van der Waals surface area contributed by atoms with Gasteiger partial charge in [-0.2, -0.15) is 0 Å². The van der Waals surface area contributed by atoms with E-state index in [0.717, 1.165) is 12.2 Å². The summed E-state index contributed by atoms with van der Waals surface area (Å²) in [6.07, 6.45) is 0.270. The van der Waals surface area contributed by atoms with Crippen LogP contribution >= 0.6 is 0 Å². The highest BCUT2D eigenvalue weighted by atomic mass is 16.7. The lowest BCUT2D eigenvalue weighted by molar-refractivity contribution is -0.142. The Morgan fingerprint density at radius 3 is 2.00 bits per heavy atom. The Morgan fingerprint density at radius 1 is 0.818 bits per heavy atom. The van der Waals surface area contributed by atoms with Gasteiger partial charge < -0.3 is 24.4 Å². The van der Waals surface area contributed by atoms with Gasteiger partial charge in [0.2, 0.25) is 0 Å². The number of nitrogens with one attached hydrogen (secondary N) is 1. The van der Waals surface area contributed by atoms with Gasteiger partial charge in [-0.1, -0.05) is 48.5 Å². The minimum absolute atomic E-state index is 0.202. The molecule has 0 atom stereocenters. The van der Waals surface area contributed by atoms with Crippen LogP contribution in [0, 0.1) is 0 Å². The van der Waals surface area contributed by atoms with Crippen molar-refractivity contribution in [3.8, 4) is 11.5 Å². The molecule has 0 saturated heterocycles. The Labute approximate surface area is 196 Å². The molecule has 0 saturated carbocycles. The van der Waals surface area contributed by atoms with Gasteiger partial charge in [0.15, 0.2) is 6.29 Å². The van der Waals surface area contributed by atoms with Crippen LogP contribution in [0.5, 0.6) is 11.5 Å². The summed E-state index contributed by atoms with van der Waals surface area (Å²) in [4.78, 5) is 14.9. The summed E-state index contributed by atoms with van der Waals surface area (Å²) in [7, 11) is 0. The number of anilines is 1. The molecule has 174 valence electrons. The normalized spacial score (nSPS) is 10.8. The molecule has 0 aromatic heterocycles. The fourth-order valence-corrected chi connectivity index (χ4v) is 3.32. The van der Waals surface area contributed by atoms with Gasteiger partial charge in [0, 0.05) is 25.4 Å². The number of nitrogens with zero attached hydrogens (tertiary/aromatic N) is 1. The smallest absolute Gasteiger partial charge is 0.322 e. The molecule has 6 heteroatoms. The summed E-state index contributed by atoms with van der Waals surface area (Å²) >= 11 is 0. The van der Waals surface area contributed by atoms with E-state index < -0.39 is 6.29 Å². The number of rotatable bonds is 12. The predicted octanol–water partition coefficient (Wildman–Crippen LogP) is 5.95. The van der Waals surface area contributed by atoms with Crippen molar-refractivity contribution < 1.29 is 19.0 Å². The van der Waals surface area contributed by atoms with Crippen LogP contribution < -0.4 is 10.1 Å². The zero-order valence-electron chi connectivity index (χ0n) is 19.3. The molecule has 0 radical (unpaired) electrons. The van der Waals surface area contributed by atoms with E-state index in [0.29, 0.717) is 37.7 Å². The van der Waals surface area contributed by atoms with Crippen molar-refractivity contribution in [1.82, 2.24) is 4.90 Å². The molecule has 0 bridgehead atoms. The monoisotopic (exact) mass is 448 g/mol. The summed E-state index contributed by atoms with van der Waals surface area (Å²) in [6, 6.07) is 26.8. The third-order valence-electron chi connectivity index (χ3n) is 4.96. The van der Waals surface area contributed by atoms with Gasteiger partial charge in [-0.3, -0.25) is 0 Å². The molecule has 0 heterocycles. The number of ether oxygens (including phenoxy) is 3. The molecule has 0 aliphatic rings. The standard InChI is InChI=1S/C27H32N2O4/c1-3-31-26(32-4-2)21-29(20-19-22-11-7-5-8-12-22)27(30)28-23-15-17-25(18-16-23)33-24-13-9-6-10-14-24/h5-18,26H,3-4,19-21H2,1-2H3,(H,28,30). The van der Waals surface area contributed by atoms with E-state index in [2.05, 4.69) is 17.4 Å². The maximum Gasteiger partial charge on any atom is 0.322 e. The van der Waals surface area contributed by atoms with Crippen LogP contribution in [0.2, 0.25) is 0 Å². The second-order valence-corrected chi connectivity index (χ2v) is 7.39. The number of amides is 2. The number of carbonyl (C=O) groups excluding carboxylic acids is 1. The molecule has 0 aliphatic carbocycles. The first-order chi connectivity index (χ1) is 16.2. The molecule has 33 heavy (non-hydrogen) atoms.